The standard InChI is InChI=1S/C19H20F4N2/c20-17-5-2-1-4-16(17)18(25-12-3-10-24-11-13-25)14-6-8-15(9-7-14)19(21,22)23/h1-2,4-9,18,24H,3,10-13H2. The Kier molecular flexibility index (Phi) is 5.39. The van der Waals surface area contributed by atoms with Gasteiger partial charge in [-0.05, 0) is 36.7 Å². The van der Waals surface area contributed by atoms with Crippen LogP contribution in [0.5, 0.6) is 0 Å². The van der Waals surface area contributed by atoms with Gasteiger partial charge in [-0.3, -0.25) is 4.90 Å². The summed E-state index contributed by atoms with van der Waals surface area (Å²) < 4.78 is 52.9. The van der Waals surface area contributed by atoms with Crippen molar-refractivity contribution in [3.8, 4) is 0 Å². The minimum Gasteiger partial charge on any atom is -0.315 e. The Hall–Kier alpha value is -1.92. The summed E-state index contributed by atoms with van der Waals surface area (Å²) in [6, 6.07) is 11.1. The lowest BCUT2D eigenvalue weighted by Crippen LogP contribution is -2.33. The van der Waals surface area contributed by atoms with E-state index in [1.165, 1.54) is 18.2 Å². The molecule has 1 fully saturated rings. The molecule has 134 valence electrons. The van der Waals surface area contributed by atoms with Crippen LogP contribution in [0.25, 0.3) is 0 Å². The molecule has 0 saturated carbocycles. The van der Waals surface area contributed by atoms with Crippen molar-refractivity contribution in [2.24, 2.45) is 0 Å². The van der Waals surface area contributed by atoms with Gasteiger partial charge in [-0.2, -0.15) is 13.2 Å². The first kappa shape index (κ1) is 17.9. The molecule has 2 aromatic rings. The highest BCUT2D eigenvalue weighted by atomic mass is 19.4. The summed E-state index contributed by atoms with van der Waals surface area (Å²) in [4.78, 5) is 2.13. The molecule has 0 aliphatic carbocycles. The fraction of sp³-hybridized carbons (Fsp3) is 0.368. The van der Waals surface area contributed by atoms with Crippen molar-refractivity contribution in [2.75, 3.05) is 26.2 Å². The predicted octanol–water partition coefficient (Wildman–Crippen LogP) is 4.23. The van der Waals surface area contributed by atoms with Gasteiger partial charge in [-0.15, -0.1) is 0 Å². The second-order valence-corrected chi connectivity index (χ2v) is 6.18. The fourth-order valence-corrected chi connectivity index (χ4v) is 3.26. The van der Waals surface area contributed by atoms with Crippen molar-refractivity contribution in [3.05, 3.63) is 71.0 Å². The van der Waals surface area contributed by atoms with E-state index in [9.17, 15) is 17.6 Å². The summed E-state index contributed by atoms with van der Waals surface area (Å²) in [5.74, 6) is -0.343. The Morgan fingerprint density at radius 1 is 0.920 bits per heavy atom. The first-order chi connectivity index (χ1) is 12.0. The van der Waals surface area contributed by atoms with E-state index in [0.29, 0.717) is 17.7 Å². The van der Waals surface area contributed by atoms with Crippen LogP contribution in [0.2, 0.25) is 0 Å². The Labute approximate surface area is 144 Å². The van der Waals surface area contributed by atoms with Gasteiger partial charge in [0, 0.05) is 25.2 Å². The minimum atomic E-state index is -4.38. The number of hydrogen-bond acceptors (Lipinski definition) is 2. The van der Waals surface area contributed by atoms with Gasteiger partial charge in [0.15, 0.2) is 0 Å². The number of nitrogens with one attached hydrogen (secondary N) is 1. The Bertz CT molecular complexity index is 689. The Morgan fingerprint density at radius 2 is 1.64 bits per heavy atom. The molecule has 0 amide bonds. The largest absolute Gasteiger partial charge is 0.416 e. The van der Waals surface area contributed by atoms with E-state index in [1.807, 2.05) is 0 Å². The maximum atomic E-state index is 14.4. The maximum absolute atomic E-state index is 14.4. The molecule has 2 nitrogen and oxygen atoms in total. The van der Waals surface area contributed by atoms with Crippen molar-refractivity contribution in [2.45, 2.75) is 18.6 Å². The van der Waals surface area contributed by atoms with Crippen LogP contribution in [0.15, 0.2) is 48.5 Å². The zero-order valence-corrected chi connectivity index (χ0v) is 13.7. The minimum absolute atomic E-state index is 0.343. The van der Waals surface area contributed by atoms with Crippen LogP contribution in [0.4, 0.5) is 17.6 Å². The number of hydrogen-bond donors (Lipinski definition) is 1. The van der Waals surface area contributed by atoms with Crippen LogP contribution in [-0.4, -0.2) is 31.1 Å². The van der Waals surface area contributed by atoms with Crippen LogP contribution in [0.3, 0.4) is 0 Å². The van der Waals surface area contributed by atoms with Crippen molar-refractivity contribution in [3.63, 3.8) is 0 Å². The number of rotatable bonds is 3. The van der Waals surface area contributed by atoms with E-state index in [4.69, 9.17) is 0 Å². The van der Waals surface area contributed by atoms with Gasteiger partial charge in [-0.1, -0.05) is 30.3 Å². The van der Waals surface area contributed by atoms with Crippen molar-refractivity contribution < 1.29 is 17.6 Å². The van der Waals surface area contributed by atoms with Crippen molar-refractivity contribution in [1.29, 1.82) is 0 Å². The molecule has 3 rings (SSSR count). The zero-order valence-electron chi connectivity index (χ0n) is 13.7. The molecule has 25 heavy (non-hydrogen) atoms. The van der Waals surface area contributed by atoms with E-state index in [-0.39, 0.29) is 5.82 Å². The van der Waals surface area contributed by atoms with Crippen molar-refractivity contribution in [1.82, 2.24) is 10.2 Å². The highest BCUT2D eigenvalue weighted by Gasteiger charge is 2.31. The van der Waals surface area contributed by atoms with Crippen LogP contribution >= 0.6 is 0 Å². The molecule has 1 aliphatic rings. The third-order valence-electron chi connectivity index (χ3n) is 4.49. The quantitative estimate of drug-likeness (QED) is 0.832. The summed E-state index contributed by atoms with van der Waals surface area (Å²) in [7, 11) is 0. The third-order valence-corrected chi connectivity index (χ3v) is 4.49. The highest BCUT2D eigenvalue weighted by molar-refractivity contribution is 5.35. The molecule has 1 atom stereocenters. The van der Waals surface area contributed by atoms with Gasteiger partial charge in [-0.25, -0.2) is 4.39 Å². The van der Waals surface area contributed by atoms with Crippen LogP contribution in [0, 0.1) is 5.82 Å². The van der Waals surface area contributed by atoms with E-state index >= 15 is 0 Å². The summed E-state index contributed by atoms with van der Waals surface area (Å²) in [6.45, 7) is 3.12. The number of benzene rings is 2. The monoisotopic (exact) mass is 352 g/mol. The average Bonchev–Trinajstić information content (AvgIpc) is 2.86. The van der Waals surface area contributed by atoms with Gasteiger partial charge in [0.25, 0.3) is 0 Å². The number of alkyl halides is 3. The van der Waals surface area contributed by atoms with E-state index in [0.717, 1.165) is 38.2 Å². The number of nitrogens with zero attached hydrogens (tertiary/aromatic N) is 1. The average molecular weight is 352 g/mol. The lowest BCUT2D eigenvalue weighted by Gasteiger charge is -2.31. The molecule has 1 aliphatic heterocycles. The molecule has 1 heterocycles. The SMILES string of the molecule is Fc1ccccc1C(c1ccc(C(F)(F)F)cc1)N1CCCNCC1. The van der Waals surface area contributed by atoms with E-state index in [1.54, 1.807) is 18.2 Å². The molecule has 0 radical (unpaired) electrons. The smallest absolute Gasteiger partial charge is 0.315 e. The topological polar surface area (TPSA) is 15.3 Å². The molecule has 1 N–H and O–H groups in total. The van der Waals surface area contributed by atoms with Crippen LogP contribution in [-0.2, 0) is 6.18 Å². The summed E-state index contributed by atoms with van der Waals surface area (Å²) in [6.07, 6.45) is -3.47. The summed E-state index contributed by atoms with van der Waals surface area (Å²) in [5, 5.41) is 3.29. The van der Waals surface area contributed by atoms with Gasteiger partial charge in [0.05, 0.1) is 11.6 Å². The van der Waals surface area contributed by atoms with Crippen molar-refractivity contribution >= 4 is 0 Å². The summed E-state index contributed by atoms with van der Waals surface area (Å²) in [5.41, 5.74) is 0.463. The summed E-state index contributed by atoms with van der Waals surface area (Å²) >= 11 is 0. The molecular weight excluding hydrogens is 332 g/mol. The molecule has 1 unspecified atom stereocenters. The molecule has 2 aromatic carbocycles. The lowest BCUT2D eigenvalue weighted by molar-refractivity contribution is -0.137. The van der Waals surface area contributed by atoms with Crippen LogP contribution in [0.1, 0.15) is 29.2 Å². The number of halogens is 4. The Morgan fingerprint density at radius 3 is 2.32 bits per heavy atom. The maximum Gasteiger partial charge on any atom is 0.416 e. The normalized spacial score (nSPS) is 17.9. The molecule has 1 saturated heterocycles. The lowest BCUT2D eigenvalue weighted by atomic mass is 9.95. The van der Waals surface area contributed by atoms with Gasteiger partial charge >= 0.3 is 6.18 Å². The predicted molar refractivity (Wildman–Crippen MR) is 88.7 cm³/mol. The molecule has 0 aromatic heterocycles. The Balaban J connectivity index is 2.00. The fourth-order valence-electron chi connectivity index (χ4n) is 3.26. The molecule has 0 bridgehead atoms. The van der Waals surface area contributed by atoms with E-state index in [2.05, 4.69) is 10.2 Å². The first-order valence-electron chi connectivity index (χ1n) is 8.33. The molecular formula is C19H20F4N2. The first-order valence-corrected chi connectivity index (χ1v) is 8.33. The zero-order chi connectivity index (χ0) is 17.9. The second-order valence-electron chi connectivity index (χ2n) is 6.18. The van der Waals surface area contributed by atoms with Gasteiger partial charge < -0.3 is 5.32 Å². The van der Waals surface area contributed by atoms with E-state index < -0.39 is 17.8 Å². The second kappa shape index (κ2) is 7.54. The highest BCUT2D eigenvalue weighted by Crippen LogP contribution is 2.34. The molecule has 0 spiro atoms. The van der Waals surface area contributed by atoms with Gasteiger partial charge in [0.1, 0.15) is 5.82 Å². The van der Waals surface area contributed by atoms with Gasteiger partial charge in [0.2, 0.25) is 0 Å². The third kappa shape index (κ3) is 4.19. The molecule has 6 heteroatoms. The van der Waals surface area contributed by atoms with Crippen LogP contribution < -0.4 is 5.32 Å².